The Morgan fingerprint density at radius 2 is 1.83 bits per heavy atom. The van der Waals surface area contributed by atoms with Crippen molar-refractivity contribution in [1.29, 1.82) is 0 Å². The van der Waals surface area contributed by atoms with Crippen LogP contribution in [0.25, 0.3) is 0 Å². The second-order valence-corrected chi connectivity index (χ2v) is 8.30. The minimum absolute atomic E-state index is 0.561. The predicted octanol–water partition coefficient (Wildman–Crippen LogP) is 2.13. The number of benzene rings is 1. The van der Waals surface area contributed by atoms with Gasteiger partial charge >= 0.3 is 0 Å². The molecule has 12 heavy (non-hydrogen) atoms. The molecule has 0 atom stereocenters. The third-order valence-electron chi connectivity index (χ3n) is 1.24. The van der Waals surface area contributed by atoms with E-state index in [1.54, 1.807) is 0 Å². The zero-order chi connectivity index (χ0) is 9.03. The summed E-state index contributed by atoms with van der Waals surface area (Å²) in [6.45, 7) is 0. The van der Waals surface area contributed by atoms with Gasteiger partial charge in [-0.3, -0.25) is 0 Å². The van der Waals surface area contributed by atoms with E-state index in [4.69, 9.17) is 9.79 Å². The normalized spacial score (nSPS) is 11.5. The van der Waals surface area contributed by atoms with E-state index in [1.165, 1.54) is 0 Å². The van der Waals surface area contributed by atoms with Crippen molar-refractivity contribution in [3.8, 4) is 0 Å². The molecule has 0 fully saturated rings. The Hall–Kier alpha value is 0.140. The van der Waals surface area contributed by atoms with Crippen molar-refractivity contribution in [2.75, 3.05) is 0 Å². The van der Waals surface area contributed by atoms with Gasteiger partial charge in [-0.1, -0.05) is 41.7 Å². The zero-order valence-electron chi connectivity index (χ0n) is 6.25. The van der Waals surface area contributed by atoms with E-state index in [9.17, 15) is 0 Å². The molecule has 2 nitrogen and oxygen atoms in total. The van der Waals surface area contributed by atoms with Crippen molar-refractivity contribution < 1.29 is 9.79 Å². The summed E-state index contributed by atoms with van der Waals surface area (Å²) in [5.74, 6) is 0.561. The molecule has 1 aromatic rings. The summed E-state index contributed by atoms with van der Waals surface area (Å²) in [5.41, 5.74) is -2.03. The summed E-state index contributed by atoms with van der Waals surface area (Å²) in [6, 6.07) is 9.60. The number of hydrogen-bond acceptors (Lipinski definition) is 2. The molecule has 0 heterocycles. The highest BCUT2D eigenvalue weighted by molar-refractivity contribution is 8.67. The van der Waals surface area contributed by atoms with Crippen molar-refractivity contribution in [2.24, 2.45) is 0 Å². The monoisotopic (exact) mass is 220 g/mol. The highest BCUT2D eigenvalue weighted by atomic mass is 32.9. The van der Waals surface area contributed by atoms with Crippen LogP contribution in [-0.2, 0) is 17.6 Å². The summed E-state index contributed by atoms with van der Waals surface area (Å²) in [5, 5.41) is 0. The van der Waals surface area contributed by atoms with Crippen LogP contribution in [0.4, 0.5) is 0 Å². The SMILES string of the molecule is OP(O)(=S)SCc1ccccc1. The average molecular weight is 220 g/mol. The third kappa shape index (κ3) is 4.24. The molecule has 66 valence electrons. The van der Waals surface area contributed by atoms with Gasteiger partial charge in [0.2, 0.25) is 5.69 Å². The third-order valence-corrected chi connectivity index (χ3v) is 4.39. The quantitative estimate of drug-likeness (QED) is 0.766. The summed E-state index contributed by atoms with van der Waals surface area (Å²) in [7, 11) is 0. The molecule has 0 radical (unpaired) electrons. The van der Waals surface area contributed by atoms with Gasteiger partial charge < -0.3 is 9.79 Å². The second kappa shape index (κ2) is 4.40. The first kappa shape index (κ1) is 10.2. The fraction of sp³-hybridized carbons (Fsp3) is 0.143. The van der Waals surface area contributed by atoms with Gasteiger partial charge in [-0.2, -0.15) is 0 Å². The lowest BCUT2D eigenvalue weighted by atomic mass is 10.2. The number of rotatable bonds is 3. The molecule has 0 saturated heterocycles. The van der Waals surface area contributed by atoms with E-state index in [0.29, 0.717) is 5.75 Å². The van der Waals surface area contributed by atoms with E-state index in [-0.39, 0.29) is 0 Å². The largest absolute Gasteiger partial charge is 0.338 e. The molecule has 0 unspecified atom stereocenters. The van der Waals surface area contributed by atoms with Gasteiger partial charge in [0.1, 0.15) is 0 Å². The molecule has 0 aromatic heterocycles. The van der Waals surface area contributed by atoms with Gasteiger partial charge in [0.15, 0.2) is 0 Å². The Kier molecular flexibility index (Phi) is 3.75. The molecule has 0 bridgehead atoms. The smallest absolute Gasteiger partial charge is 0.242 e. The lowest BCUT2D eigenvalue weighted by Crippen LogP contribution is -1.78. The first-order valence-corrected chi connectivity index (χ1v) is 7.62. The standard InChI is InChI=1S/C7H9O2PS2/c8-10(9,11)12-6-7-4-2-1-3-5-7/h1-5H,6H2,(H2,8,9,11). The lowest BCUT2D eigenvalue weighted by Gasteiger charge is -2.05. The second-order valence-electron chi connectivity index (χ2n) is 2.25. The highest BCUT2D eigenvalue weighted by Crippen LogP contribution is 2.51. The van der Waals surface area contributed by atoms with Crippen LogP contribution in [0.15, 0.2) is 30.3 Å². The van der Waals surface area contributed by atoms with Crippen molar-refractivity contribution in [2.45, 2.75) is 5.75 Å². The van der Waals surface area contributed by atoms with Crippen molar-refractivity contribution in [3.05, 3.63) is 35.9 Å². The van der Waals surface area contributed by atoms with E-state index in [1.807, 2.05) is 30.3 Å². The highest BCUT2D eigenvalue weighted by Gasteiger charge is 2.07. The van der Waals surface area contributed by atoms with Crippen LogP contribution in [0.5, 0.6) is 0 Å². The predicted molar refractivity (Wildman–Crippen MR) is 56.5 cm³/mol. The van der Waals surface area contributed by atoms with Gasteiger partial charge in [0, 0.05) is 5.75 Å². The Balaban J connectivity index is 2.50. The van der Waals surface area contributed by atoms with Gasteiger partial charge in [-0.05, 0) is 17.4 Å². The maximum Gasteiger partial charge on any atom is 0.242 e. The van der Waals surface area contributed by atoms with Crippen LogP contribution >= 0.6 is 17.1 Å². The van der Waals surface area contributed by atoms with Crippen LogP contribution in [0.1, 0.15) is 5.56 Å². The molecule has 0 aliphatic rings. The molecule has 1 rings (SSSR count). The van der Waals surface area contributed by atoms with Crippen LogP contribution in [0, 0.1) is 0 Å². The summed E-state index contributed by atoms with van der Waals surface area (Å²) < 4.78 is 0. The molecule has 1 aromatic carbocycles. The lowest BCUT2D eigenvalue weighted by molar-refractivity contribution is 0.502. The molecule has 2 N–H and O–H groups in total. The summed E-state index contributed by atoms with van der Waals surface area (Å²) in [6.07, 6.45) is 0. The molecule has 0 saturated carbocycles. The van der Waals surface area contributed by atoms with Gasteiger partial charge in [-0.25, -0.2) is 0 Å². The van der Waals surface area contributed by atoms with E-state index in [2.05, 4.69) is 11.8 Å². The number of hydrogen-bond donors (Lipinski definition) is 2. The fourth-order valence-corrected chi connectivity index (χ4v) is 2.67. The van der Waals surface area contributed by atoms with Crippen molar-refractivity contribution >= 4 is 28.9 Å². The molecular formula is C7H9O2PS2. The van der Waals surface area contributed by atoms with Gasteiger partial charge in [0.05, 0.1) is 0 Å². The molecule has 5 heteroatoms. The van der Waals surface area contributed by atoms with Gasteiger partial charge in [0.25, 0.3) is 0 Å². The first-order valence-electron chi connectivity index (χ1n) is 3.32. The molecular weight excluding hydrogens is 211 g/mol. The molecule has 0 spiro atoms. The van der Waals surface area contributed by atoms with Crippen molar-refractivity contribution in [1.82, 2.24) is 0 Å². The molecule has 0 aliphatic heterocycles. The Morgan fingerprint density at radius 1 is 1.25 bits per heavy atom. The van der Waals surface area contributed by atoms with Crippen LogP contribution in [-0.4, -0.2) is 9.79 Å². The van der Waals surface area contributed by atoms with Gasteiger partial charge in [-0.15, -0.1) is 0 Å². The Morgan fingerprint density at radius 3 is 2.33 bits per heavy atom. The minimum atomic E-state index is -3.08. The van der Waals surface area contributed by atoms with E-state index in [0.717, 1.165) is 16.9 Å². The fourth-order valence-electron chi connectivity index (χ4n) is 0.733. The summed E-state index contributed by atoms with van der Waals surface area (Å²) >= 11 is 5.49. The Bertz CT molecular complexity index is 283. The maximum absolute atomic E-state index is 8.92. The average Bonchev–Trinajstić information content (AvgIpc) is 2.02. The van der Waals surface area contributed by atoms with Crippen LogP contribution in [0.3, 0.4) is 0 Å². The zero-order valence-corrected chi connectivity index (χ0v) is 8.78. The topological polar surface area (TPSA) is 40.5 Å². The van der Waals surface area contributed by atoms with Crippen LogP contribution < -0.4 is 0 Å². The molecule has 0 amide bonds. The van der Waals surface area contributed by atoms with E-state index >= 15 is 0 Å². The first-order chi connectivity index (χ1) is 5.58. The van der Waals surface area contributed by atoms with E-state index < -0.39 is 5.69 Å². The summed E-state index contributed by atoms with van der Waals surface area (Å²) in [4.78, 5) is 17.8. The molecule has 0 aliphatic carbocycles. The Labute approximate surface area is 80.5 Å². The minimum Gasteiger partial charge on any atom is -0.338 e. The van der Waals surface area contributed by atoms with Crippen molar-refractivity contribution in [3.63, 3.8) is 0 Å². The van der Waals surface area contributed by atoms with Crippen LogP contribution in [0.2, 0.25) is 0 Å². The maximum atomic E-state index is 8.92.